The average Bonchev–Trinajstić information content (AvgIpc) is 2.64. The summed E-state index contributed by atoms with van der Waals surface area (Å²) in [6, 6.07) is 12.6. The molecule has 4 heteroatoms. The van der Waals surface area contributed by atoms with Crippen molar-refractivity contribution in [1.82, 2.24) is 0 Å². The van der Waals surface area contributed by atoms with E-state index in [1.165, 1.54) is 11.1 Å². The molecule has 0 spiro atoms. The SMILES string of the molecule is COc1cc(CCc2ccc(CCCO)cc2)cc(OC)c1OC. The first-order valence-electron chi connectivity index (χ1n) is 8.19. The lowest BCUT2D eigenvalue weighted by atomic mass is 10.0. The summed E-state index contributed by atoms with van der Waals surface area (Å²) in [7, 11) is 4.87. The van der Waals surface area contributed by atoms with E-state index in [2.05, 4.69) is 24.3 Å². The quantitative estimate of drug-likeness (QED) is 0.765. The van der Waals surface area contributed by atoms with Crippen LogP contribution in [0.2, 0.25) is 0 Å². The van der Waals surface area contributed by atoms with Gasteiger partial charge in [0.25, 0.3) is 0 Å². The van der Waals surface area contributed by atoms with Crippen molar-refractivity contribution in [2.24, 2.45) is 0 Å². The summed E-state index contributed by atoms with van der Waals surface area (Å²) in [5, 5.41) is 8.89. The van der Waals surface area contributed by atoms with Crippen molar-refractivity contribution in [2.45, 2.75) is 25.7 Å². The Kier molecular flexibility index (Phi) is 6.94. The molecule has 0 aliphatic carbocycles. The highest BCUT2D eigenvalue weighted by molar-refractivity contribution is 5.54. The fourth-order valence-corrected chi connectivity index (χ4v) is 2.72. The normalized spacial score (nSPS) is 10.5. The van der Waals surface area contributed by atoms with Crippen molar-refractivity contribution >= 4 is 0 Å². The molecule has 0 aromatic heterocycles. The van der Waals surface area contributed by atoms with Crippen molar-refractivity contribution in [3.63, 3.8) is 0 Å². The summed E-state index contributed by atoms with van der Waals surface area (Å²) in [5.41, 5.74) is 3.70. The first kappa shape index (κ1) is 18.1. The number of hydrogen-bond acceptors (Lipinski definition) is 4. The molecule has 0 atom stereocenters. The van der Waals surface area contributed by atoms with Gasteiger partial charge in [-0.2, -0.15) is 0 Å². The van der Waals surface area contributed by atoms with Gasteiger partial charge in [0.05, 0.1) is 21.3 Å². The number of aliphatic hydroxyl groups is 1. The standard InChI is InChI=1S/C20H26O4/c1-22-18-13-17(14-19(23-2)20(18)24-3)11-10-16-8-6-15(7-9-16)5-4-12-21/h6-9,13-14,21H,4-5,10-12H2,1-3H3. The summed E-state index contributed by atoms with van der Waals surface area (Å²) in [6.45, 7) is 0.239. The second-order valence-corrected chi connectivity index (χ2v) is 5.68. The monoisotopic (exact) mass is 330 g/mol. The zero-order chi connectivity index (χ0) is 17.4. The third-order valence-electron chi connectivity index (χ3n) is 4.07. The number of methoxy groups -OCH3 is 3. The van der Waals surface area contributed by atoms with Gasteiger partial charge >= 0.3 is 0 Å². The van der Waals surface area contributed by atoms with E-state index in [1.54, 1.807) is 21.3 Å². The van der Waals surface area contributed by atoms with Crippen LogP contribution in [0.25, 0.3) is 0 Å². The zero-order valence-electron chi connectivity index (χ0n) is 14.7. The van der Waals surface area contributed by atoms with Gasteiger partial charge in [-0.25, -0.2) is 0 Å². The number of benzene rings is 2. The van der Waals surface area contributed by atoms with Crippen LogP contribution in [0.1, 0.15) is 23.1 Å². The fraction of sp³-hybridized carbons (Fsp3) is 0.400. The number of ether oxygens (including phenoxy) is 3. The largest absolute Gasteiger partial charge is 0.493 e. The molecule has 2 aromatic carbocycles. The maximum Gasteiger partial charge on any atom is 0.203 e. The lowest BCUT2D eigenvalue weighted by molar-refractivity contribution is 0.288. The van der Waals surface area contributed by atoms with Crippen LogP contribution in [-0.4, -0.2) is 33.0 Å². The second kappa shape index (κ2) is 9.18. The second-order valence-electron chi connectivity index (χ2n) is 5.68. The van der Waals surface area contributed by atoms with Gasteiger partial charge in [-0.05, 0) is 54.5 Å². The molecule has 0 unspecified atom stereocenters. The highest BCUT2D eigenvalue weighted by Crippen LogP contribution is 2.38. The van der Waals surface area contributed by atoms with Crippen molar-refractivity contribution in [1.29, 1.82) is 0 Å². The molecular weight excluding hydrogens is 304 g/mol. The van der Waals surface area contributed by atoms with Crippen LogP contribution in [0, 0.1) is 0 Å². The first-order chi connectivity index (χ1) is 11.7. The molecule has 24 heavy (non-hydrogen) atoms. The molecule has 0 saturated heterocycles. The summed E-state index contributed by atoms with van der Waals surface area (Å²) >= 11 is 0. The van der Waals surface area contributed by atoms with Crippen LogP contribution < -0.4 is 14.2 Å². The van der Waals surface area contributed by atoms with Crippen molar-refractivity contribution in [3.8, 4) is 17.2 Å². The van der Waals surface area contributed by atoms with Gasteiger partial charge in [0, 0.05) is 6.61 Å². The van der Waals surface area contributed by atoms with Crippen LogP contribution >= 0.6 is 0 Å². The average molecular weight is 330 g/mol. The third-order valence-corrected chi connectivity index (χ3v) is 4.07. The van der Waals surface area contributed by atoms with Gasteiger partial charge in [-0.15, -0.1) is 0 Å². The highest BCUT2D eigenvalue weighted by atomic mass is 16.5. The number of aryl methyl sites for hydroxylation is 3. The Morgan fingerprint density at radius 3 is 1.67 bits per heavy atom. The van der Waals surface area contributed by atoms with Gasteiger partial charge < -0.3 is 19.3 Å². The van der Waals surface area contributed by atoms with Gasteiger partial charge in [-0.3, -0.25) is 0 Å². The lowest BCUT2D eigenvalue weighted by Crippen LogP contribution is -1.98. The molecule has 130 valence electrons. The smallest absolute Gasteiger partial charge is 0.203 e. The Hall–Kier alpha value is -2.20. The van der Waals surface area contributed by atoms with E-state index in [9.17, 15) is 0 Å². The van der Waals surface area contributed by atoms with Crippen LogP contribution in [0.5, 0.6) is 17.2 Å². The molecule has 2 aromatic rings. The molecule has 0 bridgehead atoms. The van der Waals surface area contributed by atoms with E-state index in [0.717, 1.165) is 31.2 Å². The number of aliphatic hydroxyl groups excluding tert-OH is 1. The van der Waals surface area contributed by atoms with Crippen molar-refractivity contribution in [2.75, 3.05) is 27.9 Å². The molecular formula is C20H26O4. The van der Waals surface area contributed by atoms with E-state index >= 15 is 0 Å². The van der Waals surface area contributed by atoms with E-state index in [0.29, 0.717) is 17.2 Å². The van der Waals surface area contributed by atoms with E-state index in [-0.39, 0.29) is 6.61 Å². The Morgan fingerprint density at radius 1 is 0.708 bits per heavy atom. The minimum atomic E-state index is 0.239. The molecule has 0 aliphatic heterocycles. The van der Waals surface area contributed by atoms with E-state index in [1.807, 2.05) is 12.1 Å². The van der Waals surface area contributed by atoms with Crippen LogP contribution in [0.15, 0.2) is 36.4 Å². The molecule has 4 nitrogen and oxygen atoms in total. The van der Waals surface area contributed by atoms with Gasteiger partial charge in [-0.1, -0.05) is 24.3 Å². The first-order valence-corrected chi connectivity index (χ1v) is 8.19. The van der Waals surface area contributed by atoms with Crippen LogP contribution in [0.4, 0.5) is 0 Å². The summed E-state index contributed by atoms with van der Waals surface area (Å²) in [4.78, 5) is 0. The molecule has 2 rings (SSSR count). The fourth-order valence-electron chi connectivity index (χ4n) is 2.72. The minimum Gasteiger partial charge on any atom is -0.493 e. The van der Waals surface area contributed by atoms with Gasteiger partial charge in [0.2, 0.25) is 5.75 Å². The molecule has 0 fully saturated rings. The third kappa shape index (κ3) is 4.65. The maximum absolute atomic E-state index is 8.89. The zero-order valence-corrected chi connectivity index (χ0v) is 14.7. The molecule has 0 saturated carbocycles. The predicted molar refractivity (Wildman–Crippen MR) is 95.4 cm³/mol. The number of rotatable bonds is 9. The van der Waals surface area contributed by atoms with Crippen LogP contribution in [-0.2, 0) is 19.3 Å². The van der Waals surface area contributed by atoms with E-state index < -0.39 is 0 Å². The van der Waals surface area contributed by atoms with Crippen molar-refractivity contribution < 1.29 is 19.3 Å². The molecule has 0 amide bonds. The number of hydrogen-bond donors (Lipinski definition) is 1. The summed E-state index contributed by atoms with van der Waals surface area (Å²) in [6.07, 6.45) is 3.57. The summed E-state index contributed by atoms with van der Waals surface area (Å²) < 4.78 is 16.2. The summed E-state index contributed by atoms with van der Waals surface area (Å²) in [5.74, 6) is 1.99. The molecule has 1 N–H and O–H groups in total. The highest BCUT2D eigenvalue weighted by Gasteiger charge is 2.13. The maximum atomic E-state index is 8.89. The molecule has 0 aliphatic rings. The Labute approximate surface area is 144 Å². The molecule has 0 radical (unpaired) electrons. The Bertz CT molecular complexity index is 610. The Morgan fingerprint density at radius 2 is 1.21 bits per heavy atom. The minimum absolute atomic E-state index is 0.239. The van der Waals surface area contributed by atoms with E-state index in [4.69, 9.17) is 19.3 Å². The predicted octanol–water partition coefficient (Wildman–Crippen LogP) is 3.42. The lowest BCUT2D eigenvalue weighted by Gasteiger charge is -2.14. The van der Waals surface area contributed by atoms with Gasteiger partial charge in [0.15, 0.2) is 11.5 Å². The molecule has 0 heterocycles. The van der Waals surface area contributed by atoms with Crippen LogP contribution in [0.3, 0.4) is 0 Å². The Balaban J connectivity index is 2.06. The van der Waals surface area contributed by atoms with Crippen molar-refractivity contribution in [3.05, 3.63) is 53.1 Å². The topological polar surface area (TPSA) is 47.9 Å². The van der Waals surface area contributed by atoms with Gasteiger partial charge in [0.1, 0.15) is 0 Å².